The highest BCUT2D eigenvalue weighted by atomic mass is 16.1. The molecule has 2 heteroatoms. The van der Waals surface area contributed by atoms with Crippen molar-refractivity contribution < 1.29 is 4.79 Å². The first-order valence-corrected chi connectivity index (χ1v) is 8.25. The first kappa shape index (κ1) is 17.0. The number of aryl methyl sites for hydroxylation is 1. The van der Waals surface area contributed by atoms with Gasteiger partial charge in [0.15, 0.2) is 5.78 Å². The summed E-state index contributed by atoms with van der Waals surface area (Å²) in [4.78, 5) is 12.8. The predicted molar refractivity (Wildman–Crippen MR) is 98.0 cm³/mol. The Kier molecular flexibility index (Phi) is 6.16. The normalized spacial score (nSPS) is 11.8. The Morgan fingerprint density at radius 1 is 0.957 bits per heavy atom. The number of ketones is 1. The SMILES string of the molecule is CCCCC(=O)/C(=C(/NC)c1ccc(C)cc1)c1ccccc1. The molecular formula is C21H25NO. The second kappa shape index (κ2) is 8.33. The highest BCUT2D eigenvalue weighted by Crippen LogP contribution is 2.27. The number of benzene rings is 2. The van der Waals surface area contributed by atoms with Crippen molar-refractivity contribution in [2.75, 3.05) is 7.05 Å². The predicted octanol–water partition coefficient (Wildman–Crippen LogP) is 4.84. The number of carbonyl (C=O) groups excluding carboxylic acids is 1. The Bertz CT molecular complexity index is 669. The Morgan fingerprint density at radius 2 is 1.61 bits per heavy atom. The molecule has 0 fully saturated rings. The molecule has 0 bridgehead atoms. The lowest BCUT2D eigenvalue weighted by molar-refractivity contribution is -0.113. The summed E-state index contributed by atoms with van der Waals surface area (Å²) in [6.45, 7) is 4.18. The van der Waals surface area contributed by atoms with Crippen LogP contribution in [0.5, 0.6) is 0 Å². The number of hydrogen-bond donors (Lipinski definition) is 1. The van der Waals surface area contributed by atoms with E-state index in [0.29, 0.717) is 6.42 Å². The van der Waals surface area contributed by atoms with Gasteiger partial charge in [-0.15, -0.1) is 0 Å². The molecule has 1 N–H and O–H groups in total. The third-order valence-electron chi connectivity index (χ3n) is 3.94. The maximum atomic E-state index is 12.8. The molecule has 0 saturated carbocycles. The standard InChI is InChI=1S/C21H25NO/c1-4-5-11-19(23)20(17-9-7-6-8-10-17)21(22-3)18-14-12-16(2)13-15-18/h6-10,12-15,22H,4-5,11H2,1-3H3/b21-20+. The van der Waals surface area contributed by atoms with E-state index in [-0.39, 0.29) is 5.78 Å². The van der Waals surface area contributed by atoms with Gasteiger partial charge in [-0.2, -0.15) is 0 Å². The summed E-state index contributed by atoms with van der Waals surface area (Å²) in [5.41, 5.74) is 4.91. The van der Waals surface area contributed by atoms with Crippen LogP contribution in [0.15, 0.2) is 54.6 Å². The molecule has 0 spiro atoms. The zero-order chi connectivity index (χ0) is 16.7. The highest BCUT2D eigenvalue weighted by Gasteiger charge is 2.17. The van der Waals surface area contributed by atoms with Crippen LogP contribution in [-0.2, 0) is 4.79 Å². The van der Waals surface area contributed by atoms with Crippen molar-refractivity contribution in [2.45, 2.75) is 33.1 Å². The van der Waals surface area contributed by atoms with Crippen LogP contribution in [0.3, 0.4) is 0 Å². The van der Waals surface area contributed by atoms with Gasteiger partial charge >= 0.3 is 0 Å². The largest absolute Gasteiger partial charge is 0.387 e. The van der Waals surface area contributed by atoms with Gasteiger partial charge < -0.3 is 5.32 Å². The molecule has 0 atom stereocenters. The highest BCUT2D eigenvalue weighted by molar-refractivity contribution is 6.27. The van der Waals surface area contributed by atoms with E-state index in [9.17, 15) is 4.79 Å². The fraction of sp³-hybridized carbons (Fsp3) is 0.286. The molecule has 2 aromatic rings. The molecule has 2 aromatic carbocycles. The van der Waals surface area contributed by atoms with Crippen LogP contribution in [0.4, 0.5) is 0 Å². The van der Waals surface area contributed by atoms with Crippen molar-refractivity contribution in [3.05, 3.63) is 71.3 Å². The Hall–Kier alpha value is -2.35. The van der Waals surface area contributed by atoms with E-state index in [2.05, 4.69) is 43.4 Å². The van der Waals surface area contributed by atoms with E-state index in [1.165, 1.54) is 5.56 Å². The summed E-state index contributed by atoms with van der Waals surface area (Å²) in [6, 6.07) is 18.2. The van der Waals surface area contributed by atoms with Crippen LogP contribution in [0.25, 0.3) is 11.3 Å². The van der Waals surface area contributed by atoms with Gasteiger partial charge in [-0.1, -0.05) is 73.5 Å². The van der Waals surface area contributed by atoms with Gasteiger partial charge in [0.2, 0.25) is 0 Å². The lowest BCUT2D eigenvalue weighted by Gasteiger charge is -2.16. The van der Waals surface area contributed by atoms with E-state index in [1.54, 1.807) is 0 Å². The Morgan fingerprint density at radius 3 is 2.17 bits per heavy atom. The third kappa shape index (κ3) is 4.32. The Balaban J connectivity index is 2.56. The molecule has 2 rings (SSSR count). The third-order valence-corrected chi connectivity index (χ3v) is 3.94. The number of unbranched alkanes of at least 4 members (excludes halogenated alkanes) is 1. The van der Waals surface area contributed by atoms with E-state index < -0.39 is 0 Å². The number of Topliss-reactive ketones (excluding diaryl/α,β-unsaturated/α-hetero) is 1. The zero-order valence-corrected chi connectivity index (χ0v) is 14.2. The molecule has 0 saturated heterocycles. The van der Waals surface area contributed by atoms with E-state index >= 15 is 0 Å². The van der Waals surface area contributed by atoms with Crippen molar-refractivity contribution in [1.82, 2.24) is 5.32 Å². The quantitative estimate of drug-likeness (QED) is 0.585. The van der Waals surface area contributed by atoms with Crippen LogP contribution in [0.2, 0.25) is 0 Å². The number of rotatable bonds is 7. The Labute approximate surface area is 139 Å². The molecule has 0 radical (unpaired) electrons. The minimum absolute atomic E-state index is 0.197. The molecule has 2 nitrogen and oxygen atoms in total. The van der Waals surface area contributed by atoms with Gasteiger partial charge in [-0.05, 0) is 24.5 Å². The number of carbonyl (C=O) groups is 1. The lowest BCUT2D eigenvalue weighted by atomic mass is 9.93. The topological polar surface area (TPSA) is 29.1 Å². The lowest BCUT2D eigenvalue weighted by Crippen LogP contribution is -2.13. The average Bonchev–Trinajstić information content (AvgIpc) is 2.59. The van der Waals surface area contributed by atoms with Gasteiger partial charge in [-0.3, -0.25) is 4.79 Å². The summed E-state index contributed by atoms with van der Waals surface area (Å²) in [7, 11) is 1.88. The van der Waals surface area contributed by atoms with Crippen molar-refractivity contribution in [2.24, 2.45) is 0 Å². The number of hydrogen-bond acceptors (Lipinski definition) is 2. The molecule has 0 amide bonds. The molecule has 0 heterocycles. The van der Waals surface area contributed by atoms with Gasteiger partial charge in [0, 0.05) is 19.0 Å². The molecule has 0 unspecified atom stereocenters. The van der Waals surface area contributed by atoms with Gasteiger partial charge in [0.25, 0.3) is 0 Å². The maximum absolute atomic E-state index is 12.8. The molecule has 120 valence electrons. The van der Waals surface area contributed by atoms with E-state index in [4.69, 9.17) is 0 Å². The summed E-state index contributed by atoms with van der Waals surface area (Å²) in [6.07, 6.45) is 2.52. The van der Waals surface area contributed by atoms with Crippen molar-refractivity contribution in [3.63, 3.8) is 0 Å². The van der Waals surface area contributed by atoms with Crippen molar-refractivity contribution in [3.8, 4) is 0 Å². The summed E-state index contributed by atoms with van der Waals surface area (Å²) in [5.74, 6) is 0.197. The fourth-order valence-corrected chi connectivity index (χ4v) is 2.65. The first-order chi connectivity index (χ1) is 11.2. The van der Waals surface area contributed by atoms with Crippen LogP contribution in [0.1, 0.15) is 42.9 Å². The second-order valence-corrected chi connectivity index (χ2v) is 5.76. The molecule has 0 aromatic heterocycles. The fourth-order valence-electron chi connectivity index (χ4n) is 2.65. The van der Waals surface area contributed by atoms with E-state index in [0.717, 1.165) is 35.2 Å². The van der Waals surface area contributed by atoms with Gasteiger partial charge in [0.05, 0.1) is 5.70 Å². The van der Waals surface area contributed by atoms with Gasteiger partial charge in [-0.25, -0.2) is 0 Å². The van der Waals surface area contributed by atoms with Crippen LogP contribution in [0, 0.1) is 6.92 Å². The van der Waals surface area contributed by atoms with Crippen molar-refractivity contribution >= 4 is 17.1 Å². The molecular weight excluding hydrogens is 282 g/mol. The molecule has 23 heavy (non-hydrogen) atoms. The minimum Gasteiger partial charge on any atom is -0.387 e. The maximum Gasteiger partial charge on any atom is 0.165 e. The molecule has 0 aliphatic carbocycles. The summed E-state index contributed by atoms with van der Waals surface area (Å²) < 4.78 is 0. The average molecular weight is 307 g/mol. The summed E-state index contributed by atoms with van der Waals surface area (Å²) in [5, 5.41) is 3.25. The minimum atomic E-state index is 0.197. The van der Waals surface area contributed by atoms with Crippen LogP contribution in [-0.4, -0.2) is 12.8 Å². The number of nitrogens with one attached hydrogen (secondary N) is 1. The summed E-state index contributed by atoms with van der Waals surface area (Å²) >= 11 is 0. The van der Waals surface area contributed by atoms with Crippen molar-refractivity contribution in [1.29, 1.82) is 0 Å². The zero-order valence-electron chi connectivity index (χ0n) is 14.2. The van der Waals surface area contributed by atoms with Crippen LogP contribution < -0.4 is 5.32 Å². The molecule has 0 aliphatic heterocycles. The first-order valence-electron chi connectivity index (χ1n) is 8.25. The monoisotopic (exact) mass is 307 g/mol. The van der Waals surface area contributed by atoms with Crippen LogP contribution >= 0.6 is 0 Å². The molecule has 0 aliphatic rings. The number of allylic oxidation sites excluding steroid dienone is 1. The van der Waals surface area contributed by atoms with Gasteiger partial charge in [0.1, 0.15) is 0 Å². The van der Waals surface area contributed by atoms with E-state index in [1.807, 2.05) is 37.4 Å². The smallest absolute Gasteiger partial charge is 0.165 e. The second-order valence-electron chi connectivity index (χ2n) is 5.76.